The van der Waals surface area contributed by atoms with Gasteiger partial charge in [0, 0.05) is 25.1 Å². The number of methoxy groups -OCH3 is 1. The summed E-state index contributed by atoms with van der Waals surface area (Å²) in [6.07, 6.45) is 6.74. The third kappa shape index (κ3) is 2.33. The van der Waals surface area contributed by atoms with Gasteiger partial charge in [-0.05, 0) is 12.8 Å². The summed E-state index contributed by atoms with van der Waals surface area (Å²) in [5, 5.41) is 0. The summed E-state index contributed by atoms with van der Waals surface area (Å²) in [5.74, 6) is 0. The lowest BCUT2D eigenvalue weighted by molar-refractivity contribution is -0.0387. The average Bonchev–Trinajstić information content (AvgIpc) is 2.33. The smallest absolute Gasteiger partial charge is 0.115 e. The first-order valence-electron chi connectivity index (χ1n) is 5.25. The van der Waals surface area contributed by atoms with E-state index in [4.69, 9.17) is 10.5 Å². The Morgan fingerprint density at radius 2 is 1.87 bits per heavy atom. The van der Waals surface area contributed by atoms with Crippen molar-refractivity contribution in [3.8, 4) is 0 Å². The molecule has 0 aliphatic carbocycles. The van der Waals surface area contributed by atoms with E-state index in [1.54, 1.807) is 19.5 Å². The van der Waals surface area contributed by atoms with Crippen molar-refractivity contribution in [1.82, 2.24) is 9.97 Å². The van der Waals surface area contributed by atoms with Gasteiger partial charge in [-0.3, -0.25) is 0 Å². The molecule has 0 spiro atoms. The van der Waals surface area contributed by atoms with E-state index in [-0.39, 0.29) is 11.6 Å². The third-order valence-corrected chi connectivity index (χ3v) is 3.11. The van der Waals surface area contributed by atoms with Crippen LogP contribution in [-0.4, -0.2) is 22.7 Å². The molecule has 15 heavy (non-hydrogen) atoms. The Hall–Kier alpha value is -1.00. The maximum absolute atomic E-state index is 6.20. The van der Waals surface area contributed by atoms with E-state index in [1.165, 1.54) is 6.33 Å². The predicted octanol–water partition coefficient (Wildman–Crippen LogP) is 1.68. The number of rotatable bonds is 5. The molecule has 1 heterocycles. The minimum absolute atomic E-state index is 0.182. The Bertz CT molecular complexity index is 277. The van der Waals surface area contributed by atoms with Crippen molar-refractivity contribution in [3.63, 3.8) is 0 Å². The number of aromatic nitrogens is 2. The fourth-order valence-corrected chi connectivity index (χ4v) is 1.88. The van der Waals surface area contributed by atoms with E-state index < -0.39 is 0 Å². The molecule has 0 aliphatic heterocycles. The summed E-state index contributed by atoms with van der Waals surface area (Å²) in [4.78, 5) is 7.95. The van der Waals surface area contributed by atoms with Crippen molar-refractivity contribution in [2.24, 2.45) is 5.73 Å². The van der Waals surface area contributed by atoms with Gasteiger partial charge in [0.05, 0.1) is 11.6 Å². The molecule has 1 atom stereocenters. The maximum Gasteiger partial charge on any atom is 0.115 e. The maximum atomic E-state index is 6.20. The molecule has 2 N–H and O–H groups in total. The Balaban J connectivity index is 2.95. The van der Waals surface area contributed by atoms with Crippen LogP contribution in [0.4, 0.5) is 0 Å². The highest BCUT2D eigenvalue weighted by Crippen LogP contribution is 2.32. The van der Waals surface area contributed by atoms with Gasteiger partial charge in [-0.1, -0.05) is 13.8 Å². The first-order chi connectivity index (χ1) is 7.20. The van der Waals surface area contributed by atoms with Crippen molar-refractivity contribution in [2.75, 3.05) is 7.11 Å². The van der Waals surface area contributed by atoms with Crippen LogP contribution in [0, 0.1) is 0 Å². The minimum atomic E-state index is -0.315. The lowest BCUT2D eigenvalue weighted by Gasteiger charge is -2.36. The van der Waals surface area contributed by atoms with Crippen LogP contribution in [0.5, 0.6) is 0 Å². The molecule has 1 rings (SSSR count). The molecule has 0 fully saturated rings. The molecule has 84 valence electrons. The van der Waals surface area contributed by atoms with E-state index in [2.05, 4.69) is 23.8 Å². The number of ether oxygens (including phenoxy) is 1. The van der Waals surface area contributed by atoms with Gasteiger partial charge in [-0.2, -0.15) is 0 Å². The van der Waals surface area contributed by atoms with Gasteiger partial charge in [0.1, 0.15) is 6.33 Å². The van der Waals surface area contributed by atoms with Crippen molar-refractivity contribution in [1.29, 1.82) is 0 Å². The highest BCUT2D eigenvalue weighted by Gasteiger charge is 2.34. The normalized spacial score (nSPS) is 13.9. The highest BCUT2D eigenvalue weighted by atomic mass is 16.5. The van der Waals surface area contributed by atoms with Gasteiger partial charge in [-0.25, -0.2) is 9.97 Å². The molecule has 0 amide bonds. The molecular weight excluding hydrogens is 190 g/mol. The monoisotopic (exact) mass is 209 g/mol. The van der Waals surface area contributed by atoms with Crippen LogP contribution in [0.25, 0.3) is 0 Å². The van der Waals surface area contributed by atoms with Gasteiger partial charge in [-0.15, -0.1) is 0 Å². The summed E-state index contributed by atoms with van der Waals surface area (Å²) >= 11 is 0. The minimum Gasteiger partial charge on any atom is -0.376 e. The number of nitrogens with zero attached hydrogens (tertiary/aromatic N) is 2. The van der Waals surface area contributed by atoms with Crippen LogP contribution in [-0.2, 0) is 4.74 Å². The molecule has 1 aromatic rings. The Labute approximate surface area is 90.9 Å². The first-order valence-corrected chi connectivity index (χ1v) is 5.25. The predicted molar refractivity (Wildman–Crippen MR) is 59.3 cm³/mol. The standard InChI is InChI=1S/C11H19N3O/c1-4-11(5-2,15-3)10(12)9-6-13-8-14-7-9/h6-8,10H,4-5,12H2,1-3H3. The van der Waals surface area contributed by atoms with Crippen molar-refractivity contribution in [3.05, 3.63) is 24.3 Å². The topological polar surface area (TPSA) is 61.0 Å². The summed E-state index contributed by atoms with van der Waals surface area (Å²) in [5.41, 5.74) is 6.81. The largest absolute Gasteiger partial charge is 0.376 e. The molecular formula is C11H19N3O. The second-order valence-corrected chi connectivity index (χ2v) is 3.63. The van der Waals surface area contributed by atoms with Gasteiger partial charge in [0.2, 0.25) is 0 Å². The molecule has 0 aromatic carbocycles. The van der Waals surface area contributed by atoms with Crippen molar-refractivity contribution < 1.29 is 4.74 Å². The Morgan fingerprint density at radius 3 is 2.27 bits per heavy atom. The lowest BCUT2D eigenvalue weighted by atomic mass is 9.85. The zero-order valence-electron chi connectivity index (χ0n) is 9.60. The third-order valence-electron chi connectivity index (χ3n) is 3.11. The summed E-state index contributed by atoms with van der Waals surface area (Å²) in [6.45, 7) is 4.16. The van der Waals surface area contributed by atoms with E-state index in [0.29, 0.717) is 0 Å². The quantitative estimate of drug-likeness (QED) is 0.801. The number of hydrogen-bond acceptors (Lipinski definition) is 4. The van der Waals surface area contributed by atoms with E-state index >= 15 is 0 Å². The van der Waals surface area contributed by atoms with Crippen LogP contribution in [0.2, 0.25) is 0 Å². The molecule has 0 saturated carbocycles. The molecule has 4 nitrogen and oxygen atoms in total. The summed E-state index contributed by atoms with van der Waals surface area (Å²) in [7, 11) is 1.71. The Kier molecular flexibility index (Phi) is 4.17. The van der Waals surface area contributed by atoms with Gasteiger partial charge < -0.3 is 10.5 Å². The van der Waals surface area contributed by atoms with Gasteiger partial charge >= 0.3 is 0 Å². The molecule has 0 bridgehead atoms. The number of hydrogen-bond donors (Lipinski definition) is 1. The molecule has 0 aliphatic rings. The van der Waals surface area contributed by atoms with Crippen LogP contribution in [0.3, 0.4) is 0 Å². The molecule has 4 heteroatoms. The van der Waals surface area contributed by atoms with E-state index in [9.17, 15) is 0 Å². The Morgan fingerprint density at radius 1 is 1.33 bits per heavy atom. The van der Waals surface area contributed by atoms with Crippen molar-refractivity contribution >= 4 is 0 Å². The van der Waals surface area contributed by atoms with Crippen LogP contribution in [0.1, 0.15) is 38.3 Å². The second kappa shape index (κ2) is 5.19. The molecule has 1 unspecified atom stereocenters. The van der Waals surface area contributed by atoms with E-state index in [1.807, 2.05) is 0 Å². The zero-order valence-corrected chi connectivity index (χ0v) is 9.60. The SMILES string of the molecule is CCC(CC)(OC)C(N)c1cncnc1. The molecule has 0 saturated heterocycles. The molecule has 1 aromatic heterocycles. The van der Waals surface area contributed by atoms with Gasteiger partial charge in [0.15, 0.2) is 0 Å². The highest BCUT2D eigenvalue weighted by molar-refractivity contribution is 5.14. The first kappa shape index (κ1) is 12.1. The zero-order chi connectivity index (χ0) is 11.3. The number of nitrogens with two attached hydrogens (primary N) is 1. The van der Waals surface area contributed by atoms with Crippen LogP contribution in [0.15, 0.2) is 18.7 Å². The fraction of sp³-hybridized carbons (Fsp3) is 0.636. The molecule has 0 radical (unpaired) electrons. The van der Waals surface area contributed by atoms with Gasteiger partial charge in [0.25, 0.3) is 0 Å². The van der Waals surface area contributed by atoms with Crippen LogP contribution < -0.4 is 5.73 Å². The summed E-state index contributed by atoms with van der Waals surface area (Å²) in [6, 6.07) is -0.182. The summed E-state index contributed by atoms with van der Waals surface area (Å²) < 4.78 is 5.57. The second-order valence-electron chi connectivity index (χ2n) is 3.63. The average molecular weight is 209 g/mol. The lowest BCUT2D eigenvalue weighted by Crippen LogP contribution is -2.42. The van der Waals surface area contributed by atoms with E-state index in [0.717, 1.165) is 18.4 Å². The fourth-order valence-electron chi connectivity index (χ4n) is 1.88. The van der Waals surface area contributed by atoms with Crippen molar-refractivity contribution in [2.45, 2.75) is 38.3 Å². The van der Waals surface area contributed by atoms with Crippen LogP contribution >= 0.6 is 0 Å².